The highest BCUT2D eigenvalue weighted by atomic mass is 16.4. The first-order valence-electron chi connectivity index (χ1n) is 14.6. The van der Waals surface area contributed by atoms with Gasteiger partial charge in [0.25, 0.3) is 5.91 Å². The predicted octanol–water partition coefficient (Wildman–Crippen LogP) is 5.12. The number of amides is 2. The van der Waals surface area contributed by atoms with Gasteiger partial charge in [0, 0.05) is 12.1 Å². The van der Waals surface area contributed by atoms with Gasteiger partial charge in [0.15, 0.2) is 0 Å². The van der Waals surface area contributed by atoms with E-state index in [9.17, 15) is 14.4 Å². The normalized spacial score (nSPS) is 28.2. The van der Waals surface area contributed by atoms with Crippen molar-refractivity contribution in [3.63, 3.8) is 0 Å². The summed E-state index contributed by atoms with van der Waals surface area (Å²) >= 11 is 0. The molecule has 4 rings (SSSR count). The first kappa shape index (κ1) is 29.4. The fourth-order valence-corrected chi connectivity index (χ4v) is 6.95. The number of hydrogen-bond donors (Lipinski definition) is 3. The van der Waals surface area contributed by atoms with Crippen molar-refractivity contribution in [2.24, 2.45) is 17.3 Å². The van der Waals surface area contributed by atoms with Gasteiger partial charge in [0.1, 0.15) is 7.28 Å². The number of hydrogen-bond acceptors (Lipinski definition) is 4. The van der Waals surface area contributed by atoms with Crippen molar-refractivity contribution >= 4 is 25.1 Å². The third-order valence-electron chi connectivity index (χ3n) is 9.38. The second-order valence-corrected chi connectivity index (χ2v) is 12.8. The fourth-order valence-electron chi connectivity index (χ4n) is 6.95. The summed E-state index contributed by atoms with van der Waals surface area (Å²) in [7, 11) is 2.18. The molecule has 211 valence electrons. The second-order valence-electron chi connectivity index (χ2n) is 12.8. The minimum absolute atomic E-state index is 0.0909. The molecule has 3 atom stereocenters. The van der Waals surface area contributed by atoms with E-state index in [1.165, 1.54) is 5.47 Å². The lowest BCUT2D eigenvalue weighted by Gasteiger charge is -2.48. The molecule has 3 aliphatic rings. The zero-order chi connectivity index (χ0) is 28.4. The van der Waals surface area contributed by atoms with E-state index in [0.717, 1.165) is 50.5 Å². The van der Waals surface area contributed by atoms with Crippen LogP contribution >= 0.6 is 0 Å². The standard InChI is InChI=1S/C31H45BN3O4/c1-20(21-9-11-22(12-10-21)28(38)33-18-15-26(36)37)35-29(39)27(23-7-6-8-25(19-23)32-5)34-31(35)16-13-24(14-17-31)30(2,3)4/h8-12,20,23-24,27,34H,6-7,13-19H2,1-5H3,(H,33,38)(H,36,37)/t20-,23?,24?,27?,31?/m1/s1. The van der Waals surface area contributed by atoms with Crippen molar-refractivity contribution in [3.8, 4) is 0 Å². The van der Waals surface area contributed by atoms with E-state index in [-0.39, 0.29) is 47.9 Å². The third kappa shape index (κ3) is 6.42. The minimum atomic E-state index is -0.944. The van der Waals surface area contributed by atoms with Crippen LogP contribution in [0, 0.1) is 17.3 Å². The van der Waals surface area contributed by atoms with Gasteiger partial charge in [-0.25, -0.2) is 0 Å². The number of nitrogens with one attached hydrogen (secondary N) is 2. The molecule has 39 heavy (non-hydrogen) atoms. The molecule has 1 saturated carbocycles. The molecule has 1 aromatic carbocycles. The molecule has 7 nitrogen and oxygen atoms in total. The molecule has 2 amide bonds. The van der Waals surface area contributed by atoms with E-state index in [0.29, 0.717) is 17.4 Å². The predicted molar refractivity (Wildman–Crippen MR) is 154 cm³/mol. The monoisotopic (exact) mass is 534 g/mol. The van der Waals surface area contributed by atoms with Crippen LogP contribution in [0.5, 0.6) is 0 Å². The molecule has 2 aliphatic carbocycles. The molecular weight excluding hydrogens is 489 g/mol. The van der Waals surface area contributed by atoms with Crippen molar-refractivity contribution in [2.45, 2.75) is 104 Å². The van der Waals surface area contributed by atoms with Gasteiger partial charge in [-0.1, -0.05) is 45.8 Å². The Balaban J connectivity index is 1.56. The van der Waals surface area contributed by atoms with Crippen LogP contribution in [0.4, 0.5) is 0 Å². The van der Waals surface area contributed by atoms with E-state index in [1.807, 2.05) is 12.1 Å². The highest BCUT2D eigenvalue weighted by Gasteiger charge is 2.55. The van der Waals surface area contributed by atoms with Crippen LogP contribution in [0.3, 0.4) is 0 Å². The lowest BCUT2D eigenvalue weighted by atomic mass is 9.65. The summed E-state index contributed by atoms with van der Waals surface area (Å²) < 4.78 is 0. The molecule has 1 heterocycles. The Kier molecular flexibility index (Phi) is 8.94. The van der Waals surface area contributed by atoms with Crippen LogP contribution in [0.15, 0.2) is 35.8 Å². The number of allylic oxidation sites excluding steroid dienone is 2. The highest BCUT2D eigenvalue weighted by molar-refractivity contribution is 6.43. The van der Waals surface area contributed by atoms with Crippen molar-refractivity contribution < 1.29 is 19.5 Å². The van der Waals surface area contributed by atoms with Crippen LogP contribution in [0.2, 0.25) is 6.82 Å². The summed E-state index contributed by atoms with van der Waals surface area (Å²) in [6.45, 7) is 11.2. The lowest BCUT2D eigenvalue weighted by Crippen LogP contribution is -2.56. The third-order valence-corrected chi connectivity index (χ3v) is 9.38. The minimum Gasteiger partial charge on any atom is -0.481 e. The number of carbonyl (C=O) groups excluding carboxylic acids is 2. The zero-order valence-electron chi connectivity index (χ0n) is 24.3. The van der Waals surface area contributed by atoms with Gasteiger partial charge >= 0.3 is 5.97 Å². The number of nitrogens with zero attached hydrogens (tertiary/aromatic N) is 1. The van der Waals surface area contributed by atoms with Crippen LogP contribution < -0.4 is 10.6 Å². The molecule has 1 saturated heterocycles. The van der Waals surface area contributed by atoms with E-state index in [4.69, 9.17) is 5.11 Å². The van der Waals surface area contributed by atoms with Crippen LogP contribution in [-0.4, -0.2) is 53.3 Å². The summed E-state index contributed by atoms with van der Waals surface area (Å²) in [5, 5.41) is 15.4. The SMILES string of the molecule is C[B]C1=CCCC(C2NC3(CCC(C(C)(C)C)CC3)N([C@H](C)c3ccc(C(=O)NCCC(=O)O)cc3)C2=O)C1. The molecule has 1 aromatic rings. The maximum Gasteiger partial charge on any atom is 0.305 e. The van der Waals surface area contributed by atoms with Crippen LogP contribution in [0.1, 0.15) is 101 Å². The highest BCUT2D eigenvalue weighted by Crippen LogP contribution is 2.48. The number of carboxylic acid groups (broad SMARTS) is 1. The van der Waals surface area contributed by atoms with Crippen LogP contribution in [0.25, 0.3) is 0 Å². The van der Waals surface area contributed by atoms with Gasteiger partial charge in [0.2, 0.25) is 5.91 Å². The number of rotatable bonds is 8. The number of aliphatic carboxylic acids is 1. The Labute approximate surface area is 234 Å². The van der Waals surface area contributed by atoms with Crippen molar-refractivity contribution in [2.75, 3.05) is 6.54 Å². The molecular formula is C31H45BN3O4. The fraction of sp³-hybridized carbons (Fsp3) is 0.645. The van der Waals surface area contributed by atoms with Gasteiger partial charge in [0.05, 0.1) is 24.2 Å². The van der Waals surface area contributed by atoms with Gasteiger partial charge in [-0.15, -0.1) is 5.47 Å². The average Bonchev–Trinajstić information content (AvgIpc) is 3.18. The molecule has 1 radical (unpaired) electrons. The summed E-state index contributed by atoms with van der Waals surface area (Å²) in [6.07, 6.45) is 9.24. The van der Waals surface area contributed by atoms with E-state index in [1.54, 1.807) is 12.1 Å². The quantitative estimate of drug-likeness (QED) is 0.402. The topological polar surface area (TPSA) is 98.7 Å². The Morgan fingerprint density at radius 3 is 2.44 bits per heavy atom. The molecule has 0 aromatic heterocycles. The van der Waals surface area contributed by atoms with Gasteiger partial charge in [-0.2, -0.15) is 0 Å². The molecule has 2 fully saturated rings. The smallest absolute Gasteiger partial charge is 0.305 e. The molecule has 1 aliphatic heterocycles. The summed E-state index contributed by atoms with van der Waals surface area (Å²) in [6, 6.07) is 7.08. The van der Waals surface area contributed by atoms with E-state index >= 15 is 0 Å². The lowest BCUT2D eigenvalue weighted by molar-refractivity contribution is -0.138. The molecule has 1 spiro atoms. The van der Waals surface area contributed by atoms with Crippen molar-refractivity contribution in [1.82, 2.24) is 15.5 Å². The Hall–Kier alpha value is -2.61. The maximum absolute atomic E-state index is 14.2. The van der Waals surface area contributed by atoms with Crippen LogP contribution in [-0.2, 0) is 9.59 Å². The summed E-state index contributed by atoms with van der Waals surface area (Å²) in [5.41, 5.74) is 2.72. The maximum atomic E-state index is 14.2. The largest absolute Gasteiger partial charge is 0.481 e. The number of carboxylic acids is 1. The molecule has 3 N–H and O–H groups in total. The number of carbonyl (C=O) groups is 3. The van der Waals surface area contributed by atoms with Crippen molar-refractivity contribution in [3.05, 3.63) is 46.9 Å². The molecule has 8 heteroatoms. The summed E-state index contributed by atoms with van der Waals surface area (Å²) in [4.78, 5) is 39.6. The van der Waals surface area contributed by atoms with Gasteiger partial charge in [-0.05, 0) is 86.8 Å². The van der Waals surface area contributed by atoms with Gasteiger partial charge < -0.3 is 15.3 Å². The molecule has 0 bridgehead atoms. The summed E-state index contributed by atoms with van der Waals surface area (Å²) in [5.74, 6) is -0.107. The second kappa shape index (κ2) is 11.9. The average molecular weight is 535 g/mol. The Morgan fingerprint density at radius 1 is 1.18 bits per heavy atom. The van der Waals surface area contributed by atoms with E-state index < -0.39 is 5.97 Å². The number of benzene rings is 1. The Morgan fingerprint density at radius 2 is 1.85 bits per heavy atom. The van der Waals surface area contributed by atoms with Crippen molar-refractivity contribution in [1.29, 1.82) is 0 Å². The van der Waals surface area contributed by atoms with E-state index in [2.05, 4.69) is 63.4 Å². The first-order chi connectivity index (χ1) is 18.4. The Bertz CT molecular complexity index is 1090. The first-order valence-corrected chi connectivity index (χ1v) is 14.6. The molecule has 2 unspecified atom stereocenters. The van der Waals surface area contributed by atoms with Gasteiger partial charge in [-0.3, -0.25) is 19.7 Å². The zero-order valence-corrected chi connectivity index (χ0v) is 24.3.